The molecule has 1 atom stereocenters. The summed E-state index contributed by atoms with van der Waals surface area (Å²) in [4.78, 5) is 32.9. The van der Waals surface area contributed by atoms with Crippen molar-refractivity contribution in [3.63, 3.8) is 0 Å². The number of aromatic nitrogens is 2. The zero-order valence-electron chi connectivity index (χ0n) is 26.1. The standard InChI is InChI=1S/C39H29BrFN3O3S/c1-3-47-38(46)34-24(2)42-39-44(36(34)27-14-18-30(41)19-15-27)37(45)33(48-39)23-28-22-32(25-10-6-4-7-11-25)43(31-20-16-29(40)17-21-31)35(28)26-12-8-5-9-13-26/h4-23,36H,3H2,1-2H3/b33-23-/t36-/m0/s1. The van der Waals surface area contributed by atoms with Gasteiger partial charge in [0, 0.05) is 15.7 Å². The smallest absolute Gasteiger partial charge is 0.338 e. The molecular formula is C39H29BrFN3O3S. The van der Waals surface area contributed by atoms with E-state index < -0.39 is 17.8 Å². The molecule has 6 nitrogen and oxygen atoms in total. The number of hydrogen-bond donors (Lipinski definition) is 0. The summed E-state index contributed by atoms with van der Waals surface area (Å²) in [6.07, 6.45) is 1.90. The Kier molecular flexibility index (Phi) is 8.64. The summed E-state index contributed by atoms with van der Waals surface area (Å²) in [5.41, 5.74) is 6.65. The summed E-state index contributed by atoms with van der Waals surface area (Å²) in [7, 11) is 0. The number of carbonyl (C=O) groups excluding carboxylic acids is 1. The SMILES string of the molecule is CCOC(=O)C1=C(C)N=c2s/c(=C\c3cc(-c4ccccc4)n(-c4ccc(Br)cc4)c3-c3ccccc3)c(=O)n2[C@H]1c1ccc(F)cc1. The zero-order chi connectivity index (χ0) is 33.4. The molecule has 0 saturated heterocycles. The minimum absolute atomic E-state index is 0.164. The molecule has 48 heavy (non-hydrogen) atoms. The highest BCUT2D eigenvalue weighted by molar-refractivity contribution is 9.10. The van der Waals surface area contributed by atoms with Gasteiger partial charge in [-0.2, -0.15) is 0 Å². The van der Waals surface area contributed by atoms with Gasteiger partial charge in [0.25, 0.3) is 5.56 Å². The number of allylic oxidation sites excluding steroid dienone is 1. The van der Waals surface area contributed by atoms with Gasteiger partial charge in [-0.3, -0.25) is 9.36 Å². The molecule has 0 amide bonds. The minimum atomic E-state index is -0.830. The number of carbonyl (C=O) groups is 1. The van der Waals surface area contributed by atoms with Crippen LogP contribution in [0, 0.1) is 5.82 Å². The van der Waals surface area contributed by atoms with E-state index >= 15 is 0 Å². The first kappa shape index (κ1) is 31.5. The molecule has 0 bridgehead atoms. The largest absolute Gasteiger partial charge is 0.463 e. The van der Waals surface area contributed by atoms with E-state index in [0.29, 0.717) is 20.6 Å². The quantitative estimate of drug-likeness (QED) is 0.158. The van der Waals surface area contributed by atoms with E-state index in [4.69, 9.17) is 9.73 Å². The van der Waals surface area contributed by atoms with Gasteiger partial charge in [0.1, 0.15) is 5.82 Å². The van der Waals surface area contributed by atoms with E-state index in [1.54, 1.807) is 26.0 Å². The van der Waals surface area contributed by atoms with Crippen LogP contribution in [0.2, 0.25) is 0 Å². The van der Waals surface area contributed by atoms with Gasteiger partial charge in [0.2, 0.25) is 0 Å². The lowest BCUT2D eigenvalue weighted by Gasteiger charge is -2.24. The first-order valence-electron chi connectivity index (χ1n) is 15.4. The van der Waals surface area contributed by atoms with Gasteiger partial charge in [-0.05, 0) is 79.1 Å². The Bertz CT molecular complexity index is 2360. The summed E-state index contributed by atoms with van der Waals surface area (Å²) in [6, 6.07) is 35.5. The van der Waals surface area contributed by atoms with Gasteiger partial charge < -0.3 is 9.30 Å². The van der Waals surface area contributed by atoms with Crippen molar-refractivity contribution >= 4 is 39.3 Å². The number of hydrogen-bond acceptors (Lipinski definition) is 5. The second-order valence-electron chi connectivity index (χ2n) is 11.2. The van der Waals surface area contributed by atoms with Gasteiger partial charge in [-0.15, -0.1) is 0 Å². The fraction of sp³-hybridized carbons (Fsp3) is 0.103. The van der Waals surface area contributed by atoms with E-state index in [9.17, 15) is 14.0 Å². The molecule has 238 valence electrons. The van der Waals surface area contributed by atoms with Crippen LogP contribution in [0.4, 0.5) is 4.39 Å². The molecule has 9 heteroatoms. The summed E-state index contributed by atoms with van der Waals surface area (Å²) in [5, 5.41) is 0. The number of thiazole rings is 1. The van der Waals surface area contributed by atoms with Crippen molar-refractivity contribution in [2.75, 3.05) is 6.61 Å². The number of rotatable bonds is 7. The molecule has 0 radical (unpaired) electrons. The van der Waals surface area contributed by atoms with Crippen molar-refractivity contribution in [3.05, 3.63) is 168 Å². The normalized spacial score (nSPS) is 14.5. The fourth-order valence-electron chi connectivity index (χ4n) is 6.10. The van der Waals surface area contributed by atoms with Crippen molar-refractivity contribution in [2.24, 2.45) is 4.99 Å². The average molecular weight is 719 g/mol. The topological polar surface area (TPSA) is 65.6 Å². The van der Waals surface area contributed by atoms with Crippen LogP contribution >= 0.6 is 27.3 Å². The second-order valence-corrected chi connectivity index (χ2v) is 13.2. The van der Waals surface area contributed by atoms with E-state index in [-0.39, 0.29) is 17.7 Å². The number of benzene rings is 4. The molecule has 3 heterocycles. The molecule has 0 fully saturated rings. The van der Waals surface area contributed by atoms with E-state index in [2.05, 4.69) is 63.0 Å². The number of halogens is 2. The summed E-state index contributed by atoms with van der Waals surface area (Å²) in [6.45, 7) is 3.62. The van der Waals surface area contributed by atoms with E-state index in [1.165, 1.54) is 28.0 Å². The first-order valence-corrected chi connectivity index (χ1v) is 17.0. The predicted molar refractivity (Wildman–Crippen MR) is 191 cm³/mol. The minimum Gasteiger partial charge on any atom is -0.463 e. The molecule has 2 aromatic heterocycles. The van der Waals surface area contributed by atoms with Gasteiger partial charge >= 0.3 is 5.97 Å². The Morgan fingerprint density at radius 2 is 1.58 bits per heavy atom. The van der Waals surface area contributed by atoms with Gasteiger partial charge in [0.15, 0.2) is 4.80 Å². The molecule has 0 spiro atoms. The third-order valence-electron chi connectivity index (χ3n) is 8.22. The number of esters is 1. The molecule has 1 aliphatic rings. The number of nitrogens with zero attached hydrogens (tertiary/aromatic N) is 3. The Morgan fingerprint density at radius 1 is 0.938 bits per heavy atom. The van der Waals surface area contributed by atoms with Crippen molar-refractivity contribution in [1.82, 2.24) is 9.13 Å². The lowest BCUT2D eigenvalue weighted by atomic mass is 9.96. The second kappa shape index (κ2) is 13.2. The van der Waals surface area contributed by atoms with Crippen LogP contribution in [0.5, 0.6) is 0 Å². The van der Waals surface area contributed by atoms with Crippen molar-refractivity contribution in [3.8, 4) is 28.2 Å². The molecule has 0 unspecified atom stereocenters. The maximum Gasteiger partial charge on any atom is 0.338 e. The predicted octanol–water partition coefficient (Wildman–Crippen LogP) is 7.82. The van der Waals surface area contributed by atoms with Crippen LogP contribution in [0.3, 0.4) is 0 Å². The molecular weight excluding hydrogens is 689 g/mol. The number of fused-ring (bicyclic) bond motifs is 1. The maximum atomic E-state index is 14.4. The van der Waals surface area contributed by atoms with E-state index in [1.807, 2.05) is 54.6 Å². The Labute approximate surface area is 288 Å². The van der Waals surface area contributed by atoms with Crippen LogP contribution < -0.4 is 14.9 Å². The van der Waals surface area contributed by atoms with Gasteiger partial charge in [0.05, 0.1) is 39.8 Å². The lowest BCUT2D eigenvalue weighted by molar-refractivity contribution is -0.139. The van der Waals surface area contributed by atoms with Crippen LogP contribution in [0.15, 0.2) is 141 Å². The molecule has 7 rings (SSSR count). The summed E-state index contributed by atoms with van der Waals surface area (Å²) in [5.74, 6) is -0.977. The van der Waals surface area contributed by atoms with E-state index in [0.717, 1.165) is 38.2 Å². The molecule has 1 aliphatic heterocycles. The molecule has 0 saturated carbocycles. The lowest BCUT2D eigenvalue weighted by Crippen LogP contribution is -2.39. The highest BCUT2D eigenvalue weighted by Crippen LogP contribution is 2.37. The van der Waals surface area contributed by atoms with Crippen LogP contribution in [-0.2, 0) is 9.53 Å². The Hall–Kier alpha value is -5.12. The van der Waals surface area contributed by atoms with Crippen molar-refractivity contribution in [1.29, 1.82) is 0 Å². The van der Waals surface area contributed by atoms with Crippen LogP contribution in [-0.4, -0.2) is 21.7 Å². The average Bonchev–Trinajstić information content (AvgIpc) is 3.62. The monoisotopic (exact) mass is 717 g/mol. The Balaban J connectivity index is 1.51. The highest BCUT2D eigenvalue weighted by Gasteiger charge is 2.33. The van der Waals surface area contributed by atoms with Crippen molar-refractivity contribution < 1.29 is 13.9 Å². The maximum absolute atomic E-state index is 14.4. The third-order valence-corrected chi connectivity index (χ3v) is 9.73. The van der Waals surface area contributed by atoms with Crippen LogP contribution in [0.1, 0.15) is 31.0 Å². The third kappa shape index (κ3) is 5.80. The molecule has 0 N–H and O–H groups in total. The number of ether oxygens (including phenoxy) is 1. The Morgan fingerprint density at radius 3 is 2.23 bits per heavy atom. The highest BCUT2D eigenvalue weighted by atomic mass is 79.9. The first-order chi connectivity index (χ1) is 23.3. The fourth-order valence-corrected chi connectivity index (χ4v) is 7.41. The van der Waals surface area contributed by atoms with Gasteiger partial charge in [-0.1, -0.05) is 100 Å². The molecule has 0 aliphatic carbocycles. The zero-order valence-corrected chi connectivity index (χ0v) is 28.5. The molecule has 4 aromatic carbocycles. The molecule has 6 aromatic rings. The van der Waals surface area contributed by atoms with Crippen LogP contribution in [0.25, 0.3) is 34.3 Å². The van der Waals surface area contributed by atoms with Gasteiger partial charge in [-0.25, -0.2) is 14.2 Å². The summed E-state index contributed by atoms with van der Waals surface area (Å²) < 4.78 is 24.6. The van der Waals surface area contributed by atoms with Crippen molar-refractivity contribution in [2.45, 2.75) is 19.9 Å². The summed E-state index contributed by atoms with van der Waals surface area (Å²) >= 11 is 4.82.